The predicted molar refractivity (Wildman–Crippen MR) is 52.6 cm³/mol. The highest BCUT2D eigenvalue weighted by Gasteiger charge is 2.38. The minimum absolute atomic E-state index is 0.656. The summed E-state index contributed by atoms with van der Waals surface area (Å²) in [5.41, 5.74) is 2.71. The molecule has 7 heteroatoms. The van der Waals surface area contributed by atoms with E-state index >= 15 is 0 Å². The molecule has 0 aliphatic rings. The monoisotopic (exact) mass is 333 g/mol. The lowest BCUT2D eigenvalue weighted by atomic mass is 10.1. The normalized spacial score (nSPS) is 11.5. The van der Waals surface area contributed by atoms with Crippen molar-refractivity contribution < 1.29 is 22.4 Å². The Morgan fingerprint density at radius 3 is 2.27 bits per heavy atom. The van der Waals surface area contributed by atoms with E-state index < -0.39 is 32.6 Å². The Morgan fingerprint density at radius 1 is 1.33 bits per heavy atom. The highest BCUT2D eigenvalue weighted by molar-refractivity contribution is 14.1. The zero-order chi connectivity index (χ0) is 11.8. The molecule has 2 nitrogen and oxygen atoms in total. The summed E-state index contributed by atoms with van der Waals surface area (Å²) in [5, 5.41) is 0. The summed E-state index contributed by atoms with van der Waals surface area (Å²) in [6.45, 7) is 0. The topological polar surface area (TPSA) is 43.1 Å². The summed E-state index contributed by atoms with van der Waals surface area (Å²) in [7, 11) is 0. The third-order valence-corrected chi connectivity index (χ3v) is 2.70. The van der Waals surface area contributed by atoms with Gasteiger partial charge in [0, 0.05) is 0 Å². The Balaban J connectivity index is 3.57. The summed E-state index contributed by atoms with van der Waals surface area (Å²) < 4.78 is 49.6. The van der Waals surface area contributed by atoms with Crippen molar-refractivity contribution in [2.45, 2.75) is 6.18 Å². The van der Waals surface area contributed by atoms with Crippen molar-refractivity contribution in [1.82, 2.24) is 0 Å². The largest absolute Gasteiger partial charge is 0.418 e. The number of primary amides is 1. The van der Waals surface area contributed by atoms with Crippen LogP contribution in [0.25, 0.3) is 0 Å². The lowest BCUT2D eigenvalue weighted by Gasteiger charge is -2.12. The van der Waals surface area contributed by atoms with Gasteiger partial charge in [-0.25, -0.2) is 4.39 Å². The lowest BCUT2D eigenvalue weighted by Crippen LogP contribution is -2.20. The first-order valence-electron chi connectivity index (χ1n) is 3.60. The summed E-state index contributed by atoms with van der Waals surface area (Å²) in [5.74, 6) is -2.27. The summed E-state index contributed by atoms with van der Waals surface area (Å²) in [4.78, 5) is 10.7. The maximum Gasteiger partial charge on any atom is 0.418 e. The van der Waals surface area contributed by atoms with Gasteiger partial charge in [-0.15, -0.1) is 0 Å². The number of rotatable bonds is 1. The molecule has 0 spiro atoms. The summed E-state index contributed by atoms with van der Waals surface area (Å²) in [6.07, 6.45) is -4.80. The van der Waals surface area contributed by atoms with Crippen molar-refractivity contribution >= 4 is 28.5 Å². The molecule has 1 aromatic rings. The Kier molecular flexibility index (Phi) is 3.22. The van der Waals surface area contributed by atoms with Crippen molar-refractivity contribution in [3.63, 3.8) is 0 Å². The molecule has 1 aromatic carbocycles. The maximum absolute atomic E-state index is 12.9. The molecular formula is C8H4F4INO. The number of amides is 1. The molecule has 0 saturated carbocycles. The van der Waals surface area contributed by atoms with Gasteiger partial charge in [0.2, 0.25) is 5.91 Å². The number of carbonyl (C=O) groups is 1. The third kappa shape index (κ3) is 2.39. The van der Waals surface area contributed by atoms with E-state index in [1.807, 2.05) is 0 Å². The Hall–Kier alpha value is -0.860. The molecule has 15 heavy (non-hydrogen) atoms. The van der Waals surface area contributed by atoms with Crippen LogP contribution in [0.2, 0.25) is 0 Å². The van der Waals surface area contributed by atoms with Gasteiger partial charge < -0.3 is 5.73 Å². The molecule has 2 N–H and O–H groups in total. The minimum atomic E-state index is -4.80. The fraction of sp³-hybridized carbons (Fsp3) is 0.125. The molecule has 0 aliphatic carbocycles. The number of alkyl halides is 3. The first-order valence-corrected chi connectivity index (χ1v) is 4.68. The summed E-state index contributed by atoms with van der Waals surface area (Å²) in [6, 6.07) is 1.50. The summed E-state index contributed by atoms with van der Waals surface area (Å²) >= 11 is 1.19. The number of nitrogens with two attached hydrogens (primary N) is 1. The Morgan fingerprint density at radius 2 is 1.87 bits per heavy atom. The lowest BCUT2D eigenvalue weighted by molar-refractivity contribution is -0.138. The zero-order valence-corrected chi connectivity index (χ0v) is 9.19. The molecule has 1 rings (SSSR count). The van der Waals surface area contributed by atoms with E-state index in [1.54, 1.807) is 0 Å². The second-order valence-electron chi connectivity index (χ2n) is 2.65. The predicted octanol–water partition coefficient (Wildman–Crippen LogP) is 2.55. The molecule has 0 saturated heterocycles. The molecule has 0 atom stereocenters. The van der Waals surface area contributed by atoms with E-state index in [0.717, 1.165) is 12.1 Å². The van der Waals surface area contributed by atoms with E-state index in [9.17, 15) is 22.4 Å². The third-order valence-electron chi connectivity index (χ3n) is 1.64. The number of benzene rings is 1. The van der Waals surface area contributed by atoms with Crippen LogP contribution in [0, 0.1) is 9.39 Å². The molecule has 1 amide bonds. The van der Waals surface area contributed by atoms with Gasteiger partial charge in [0.15, 0.2) is 0 Å². The molecule has 0 fully saturated rings. The standard InChI is InChI=1S/C8H4F4INO/c9-4-2-1-3(7(14)15)5(6(4)13)8(10,11)12/h1-2H,(H2,14,15). The van der Waals surface area contributed by atoms with E-state index in [-0.39, 0.29) is 0 Å². The molecule has 0 heterocycles. The van der Waals surface area contributed by atoms with Gasteiger partial charge in [0.25, 0.3) is 0 Å². The van der Waals surface area contributed by atoms with E-state index in [4.69, 9.17) is 5.73 Å². The highest BCUT2D eigenvalue weighted by atomic mass is 127. The average molecular weight is 333 g/mol. The minimum Gasteiger partial charge on any atom is -0.366 e. The van der Waals surface area contributed by atoms with Gasteiger partial charge in [-0.1, -0.05) is 0 Å². The van der Waals surface area contributed by atoms with Crippen LogP contribution in [0.4, 0.5) is 17.6 Å². The Bertz CT molecular complexity index is 416. The van der Waals surface area contributed by atoms with E-state index in [1.165, 1.54) is 22.6 Å². The van der Waals surface area contributed by atoms with Crippen LogP contribution in [0.1, 0.15) is 15.9 Å². The van der Waals surface area contributed by atoms with Gasteiger partial charge in [-0.2, -0.15) is 13.2 Å². The number of hydrogen-bond acceptors (Lipinski definition) is 1. The molecule has 0 bridgehead atoms. The van der Waals surface area contributed by atoms with Crippen molar-refractivity contribution in [3.05, 3.63) is 32.6 Å². The van der Waals surface area contributed by atoms with Gasteiger partial charge in [-0.3, -0.25) is 4.79 Å². The van der Waals surface area contributed by atoms with Gasteiger partial charge in [0.1, 0.15) is 5.82 Å². The van der Waals surface area contributed by atoms with Crippen LogP contribution in [0.5, 0.6) is 0 Å². The molecule has 82 valence electrons. The quantitative estimate of drug-likeness (QED) is 0.623. The fourth-order valence-corrected chi connectivity index (χ4v) is 1.81. The second kappa shape index (κ2) is 3.95. The zero-order valence-electron chi connectivity index (χ0n) is 7.03. The van der Waals surface area contributed by atoms with Crippen molar-refractivity contribution in [1.29, 1.82) is 0 Å². The smallest absolute Gasteiger partial charge is 0.366 e. The first-order chi connectivity index (χ1) is 6.75. The van der Waals surface area contributed by atoms with Crippen LogP contribution >= 0.6 is 22.6 Å². The SMILES string of the molecule is NC(=O)c1ccc(F)c(I)c1C(F)(F)F. The highest BCUT2D eigenvalue weighted by Crippen LogP contribution is 2.36. The Labute approximate surface area is 95.6 Å². The van der Waals surface area contributed by atoms with Gasteiger partial charge >= 0.3 is 6.18 Å². The van der Waals surface area contributed by atoms with Gasteiger partial charge in [-0.05, 0) is 34.7 Å². The van der Waals surface area contributed by atoms with Crippen LogP contribution < -0.4 is 5.73 Å². The van der Waals surface area contributed by atoms with Crippen LogP contribution in [0.3, 0.4) is 0 Å². The molecule has 0 aliphatic heterocycles. The second-order valence-corrected chi connectivity index (χ2v) is 3.72. The van der Waals surface area contributed by atoms with Crippen LogP contribution in [0.15, 0.2) is 12.1 Å². The van der Waals surface area contributed by atoms with Crippen LogP contribution in [-0.2, 0) is 6.18 Å². The van der Waals surface area contributed by atoms with Crippen molar-refractivity contribution in [3.8, 4) is 0 Å². The maximum atomic E-state index is 12.9. The van der Waals surface area contributed by atoms with E-state index in [2.05, 4.69) is 0 Å². The van der Waals surface area contributed by atoms with Crippen molar-refractivity contribution in [2.75, 3.05) is 0 Å². The average Bonchev–Trinajstić information content (AvgIpc) is 2.06. The molecular weight excluding hydrogens is 329 g/mol. The number of halogens is 5. The van der Waals surface area contributed by atoms with E-state index in [0.29, 0.717) is 0 Å². The first kappa shape index (κ1) is 12.2. The van der Waals surface area contributed by atoms with Crippen molar-refractivity contribution in [2.24, 2.45) is 5.73 Å². The fourth-order valence-electron chi connectivity index (χ4n) is 1.03. The molecule has 0 aromatic heterocycles. The molecule has 0 radical (unpaired) electrons. The number of carbonyl (C=O) groups excluding carboxylic acids is 1. The number of hydrogen-bond donors (Lipinski definition) is 1. The molecule has 0 unspecified atom stereocenters. The van der Waals surface area contributed by atoms with Crippen LogP contribution in [-0.4, -0.2) is 5.91 Å². The van der Waals surface area contributed by atoms with Gasteiger partial charge in [0.05, 0.1) is 14.7 Å².